The SMILES string of the molecule is CS(=O)(=O)N1CCCC1C1CCCCC1. The number of sulfonamides is 1. The fourth-order valence-corrected chi connectivity index (χ4v) is 4.40. The first kappa shape index (κ1) is 11.4. The number of nitrogens with zero attached hydrogens (tertiary/aromatic N) is 1. The summed E-state index contributed by atoms with van der Waals surface area (Å²) in [4.78, 5) is 0. The summed E-state index contributed by atoms with van der Waals surface area (Å²) in [6.45, 7) is 0.750. The second-order valence-electron chi connectivity index (χ2n) is 4.98. The summed E-state index contributed by atoms with van der Waals surface area (Å²) < 4.78 is 25.0. The van der Waals surface area contributed by atoms with Gasteiger partial charge in [0.05, 0.1) is 6.26 Å². The van der Waals surface area contributed by atoms with Crippen molar-refractivity contribution in [2.75, 3.05) is 12.8 Å². The van der Waals surface area contributed by atoms with E-state index in [2.05, 4.69) is 0 Å². The Hall–Kier alpha value is -0.0900. The van der Waals surface area contributed by atoms with Gasteiger partial charge >= 0.3 is 0 Å². The minimum absolute atomic E-state index is 0.320. The van der Waals surface area contributed by atoms with E-state index in [1.165, 1.54) is 38.4 Å². The Morgan fingerprint density at radius 2 is 1.67 bits per heavy atom. The largest absolute Gasteiger partial charge is 0.212 e. The van der Waals surface area contributed by atoms with Gasteiger partial charge in [-0.25, -0.2) is 8.42 Å². The number of hydrogen-bond acceptors (Lipinski definition) is 2. The van der Waals surface area contributed by atoms with E-state index in [1.807, 2.05) is 0 Å². The molecule has 1 atom stereocenters. The van der Waals surface area contributed by atoms with Crippen LogP contribution in [0.15, 0.2) is 0 Å². The molecule has 0 bridgehead atoms. The molecule has 1 heterocycles. The van der Waals surface area contributed by atoms with Gasteiger partial charge in [-0.3, -0.25) is 0 Å². The molecule has 88 valence electrons. The summed E-state index contributed by atoms with van der Waals surface area (Å²) in [6.07, 6.45) is 9.87. The van der Waals surface area contributed by atoms with Gasteiger partial charge < -0.3 is 0 Å². The molecule has 0 N–H and O–H groups in total. The average Bonchev–Trinajstić information content (AvgIpc) is 2.67. The second-order valence-corrected chi connectivity index (χ2v) is 6.92. The number of hydrogen-bond donors (Lipinski definition) is 0. The molecule has 0 aromatic rings. The number of rotatable bonds is 2. The Bertz CT molecular complexity index is 307. The summed E-state index contributed by atoms with van der Waals surface area (Å²) >= 11 is 0. The van der Waals surface area contributed by atoms with E-state index in [1.54, 1.807) is 4.31 Å². The third-order valence-electron chi connectivity index (χ3n) is 3.87. The van der Waals surface area contributed by atoms with Crippen LogP contribution in [-0.4, -0.2) is 31.6 Å². The monoisotopic (exact) mass is 231 g/mol. The molecule has 4 heteroatoms. The molecular formula is C11H21NO2S. The molecule has 2 fully saturated rings. The van der Waals surface area contributed by atoms with Crippen molar-refractivity contribution in [2.24, 2.45) is 5.92 Å². The zero-order valence-electron chi connectivity index (χ0n) is 9.48. The van der Waals surface area contributed by atoms with Gasteiger partial charge in [0.2, 0.25) is 10.0 Å². The average molecular weight is 231 g/mol. The van der Waals surface area contributed by atoms with E-state index in [4.69, 9.17) is 0 Å². The molecule has 1 unspecified atom stereocenters. The minimum Gasteiger partial charge on any atom is -0.212 e. The molecule has 2 aliphatic rings. The van der Waals surface area contributed by atoms with Gasteiger partial charge in [-0.05, 0) is 31.6 Å². The minimum atomic E-state index is -2.97. The fourth-order valence-electron chi connectivity index (χ4n) is 3.17. The Balaban J connectivity index is 2.07. The highest BCUT2D eigenvalue weighted by molar-refractivity contribution is 7.88. The second kappa shape index (κ2) is 4.42. The highest BCUT2D eigenvalue weighted by Crippen LogP contribution is 2.35. The Labute approximate surface area is 92.9 Å². The highest BCUT2D eigenvalue weighted by Gasteiger charge is 2.36. The van der Waals surface area contributed by atoms with Crippen molar-refractivity contribution in [3.8, 4) is 0 Å². The van der Waals surface area contributed by atoms with E-state index in [-0.39, 0.29) is 0 Å². The van der Waals surface area contributed by atoms with Crippen molar-refractivity contribution in [1.29, 1.82) is 0 Å². The van der Waals surface area contributed by atoms with E-state index in [0.717, 1.165) is 19.4 Å². The molecule has 1 saturated carbocycles. The van der Waals surface area contributed by atoms with Crippen LogP contribution in [0.3, 0.4) is 0 Å². The van der Waals surface area contributed by atoms with Crippen molar-refractivity contribution < 1.29 is 8.42 Å². The predicted octanol–water partition coefficient (Wildman–Crippen LogP) is 1.99. The molecular weight excluding hydrogens is 210 g/mol. The molecule has 1 aliphatic heterocycles. The predicted molar refractivity (Wildman–Crippen MR) is 61.1 cm³/mol. The fraction of sp³-hybridized carbons (Fsp3) is 1.00. The molecule has 0 aromatic carbocycles. The summed E-state index contributed by atoms with van der Waals surface area (Å²) in [5.41, 5.74) is 0. The summed E-state index contributed by atoms with van der Waals surface area (Å²) in [5, 5.41) is 0. The first-order chi connectivity index (χ1) is 7.09. The summed E-state index contributed by atoms with van der Waals surface area (Å²) in [7, 11) is -2.97. The molecule has 3 nitrogen and oxygen atoms in total. The van der Waals surface area contributed by atoms with Gasteiger partial charge in [-0.2, -0.15) is 4.31 Å². The molecule has 2 rings (SSSR count). The maximum atomic E-state index is 11.6. The maximum Gasteiger partial charge on any atom is 0.211 e. The van der Waals surface area contributed by atoms with Crippen molar-refractivity contribution in [3.63, 3.8) is 0 Å². The van der Waals surface area contributed by atoms with E-state index in [0.29, 0.717) is 12.0 Å². The highest BCUT2D eigenvalue weighted by atomic mass is 32.2. The lowest BCUT2D eigenvalue weighted by atomic mass is 9.83. The quantitative estimate of drug-likeness (QED) is 0.729. The Kier molecular flexibility index (Phi) is 3.36. The van der Waals surface area contributed by atoms with Crippen LogP contribution in [0.5, 0.6) is 0 Å². The van der Waals surface area contributed by atoms with Gasteiger partial charge in [0.25, 0.3) is 0 Å². The topological polar surface area (TPSA) is 37.4 Å². The molecule has 15 heavy (non-hydrogen) atoms. The van der Waals surface area contributed by atoms with Crippen LogP contribution in [0.25, 0.3) is 0 Å². The van der Waals surface area contributed by atoms with Crippen molar-refractivity contribution >= 4 is 10.0 Å². The Morgan fingerprint density at radius 3 is 2.27 bits per heavy atom. The van der Waals surface area contributed by atoms with Crippen LogP contribution in [0.2, 0.25) is 0 Å². The lowest BCUT2D eigenvalue weighted by Crippen LogP contribution is -2.40. The van der Waals surface area contributed by atoms with Gasteiger partial charge in [-0.1, -0.05) is 19.3 Å². The van der Waals surface area contributed by atoms with Crippen LogP contribution in [-0.2, 0) is 10.0 Å². The van der Waals surface area contributed by atoms with Crippen molar-refractivity contribution in [1.82, 2.24) is 4.31 Å². The van der Waals surface area contributed by atoms with Gasteiger partial charge in [-0.15, -0.1) is 0 Å². The molecule has 0 amide bonds. The van der Waals surface area contributed by atoms with Crippen LogP contribution >= 0.6 is 0 Å². The van der Waals surface area contributed by atoms with E-state index < -0.39 is 10.0 Å². The lowest BCUT2D eigenvalue weighted by molar-refractivity contribution is 0.227. The molecule has 1 aliphatic carbocycles. The summed E-state index contributed by atoms with van der Waals surface area (Å²) in [6, 6.07) is 0.320. The Morgan fingerprint density at radius 1 is 1.00 bits per heavy atom. The van der Waals surface area contributed by atoms with Crippen LogP contribution < -0.4 is 0 Å². The molecule has 0 spiro atoms. The van der Waals surface area contributed by atoms with Crippen LogP contribution in [0.4, 0.5) is 0 Å². The normalized spacial score (nSPS) is 30.9. The van der Waals surface area contributed by atoms with Crippen molar-refractivity contribution in [2.45, 2.75) is 51.0 Å². The van der Waals surface area contributed by atoms with Gasteiger partial charge in [0, 0.05) is 12.6 Å². The summed E-state index contributed by atoms with van der Waals surface area (Å²) in [5.74, 6) is 0.635. The van der Waals surface area contributed by atoms with Gasteiger partial charge in [0.1, 0.15) is 0 Å². The zero-order chi connectivity index (χ0) is 10.9. The van der Waals surface area contributed by atoms with Crippen LogP contribution in [0, 0.1) is 5.92 Å². The first-order valence-corrected chi connectivity index (χ1v) is 7.90. The van der Waals surface area contributed by atoms with Crippen LogP contribution in [0.1, 0.15) is 44.9 Å². The molecule has 0 aromatic heterocycles. The zero-order valence-corrected chi connectivity index (χ0v) is 10.3. The molecule has 1 saturated heterocycles. The van der Waals surface area contributed by atoms with Gasteiger partial charge in [0.15, 0.2) is 0 Å². The lowest BCUT2D eigenvalue weighted by Gasteiger charge is -2.32. The third-order valence-corrected chi connectivity index (χ3v) is 5.17. The molecule has 0 radical (unpaired) electrons. The third kappa shape index (κ3) is 2.53. The maximum absolute atomic E-state index is 11.6. The standard InChI is InChI=1S/C11H21NO2S/c1-15(13,14)12-9-5-8-11(12)10-6-3-2-4-7-10/h10-11H,2-9H2,1H3. The smallest absolute Gasteiger partial charge is 0.211 e. The van der Waals surface area contributed by atoms with E-state index >= 15 is 0 Å². The first-order valence-electron chi connectivity index (χ1n) is 6.06. The van der Waals surface area contributed by atoms with Crippen molar-refractivity contribution in [3.05, 3.63) is 0 Å². The van der Waals surface area contributed by atoms with E-state index in [9.17, 15) is 8.42 Å².